The summed E-state index contributed by atoms with van der Waals surface area (Å²) in [6.45, 7) is 7.79. The monoisotopic (exact) mass is 519 g/mol. The van der Waals surface area contributed by atoms with Gasteiger partial charge in [-0.15, -0.1) is 11.3 Å². The smallest absolute Gasteiger partial charge is 0.337 e. The molecule has 0 radical (unpaired) electrons. The molecule has 2 heterocycles. The number of carbonyl (C=O) groups is 2. The Labute approximate surface area is 221 Å². The summed E-state index contributed by atoms with van der Waals surface area (Å²) >= 11 is 1.44. The lowest BCUT2D eigenvalue weighted by atomic mass is 9.70. The number of hydrogen-bond acceptors (Lipinski definition) is 8. The minimum Gasteiger partial charge on any atom is -0.466 e. The Morgan fingerprint density at radius 2 is 1.68 bits per heavy atom. The summed E-state index contributed by atoms with van der Waals surface area (Å²) in [5, 5.41) is 9.51. The third-order valence-electron chi connectivity index (χ3n) is 6.59. The van der Waals surface area contributed by atoms with Crippen molar-refractivity contribution < 1.29 is 19.1 Å². The maximum Gasteiger partial charge on any atom is 0.337 e. The highest BCUT2D eigenvalue weighted by molar-refractivity contribution is 7.13. The van der Waals surface area contributed by atoms with Crippen LogP contribution in [0.15, 0.2) is 77.3 Å². The molecule has 3 unspecified atom stereocenters. The van der Waals surface area contributed by atoms with Gasteiger partial charge in [-0.25, -0.2) is 9.78 Å². The number of ether oxygens (including phenoxy) is 2. The van der Waals surface area contributed by atoms with Crippen molar-refractivity contribution in [3.05, 3.63) is 94.1 Å². The number of aromatic nitrogens is 1. The molecule has 0 aliphatic carbocycles. The van der Waals surface area contributed by atoms with E-state index >= 15 is 0 Å². The number of carbonyl (C=O) groups excluding carboxylic acids is 2. The predicted octanol–water partition coefficient (Wildman–Crippen LogP) is 5.05. The highest BCUT2D eigenvalue weighted by atomic mass is 32.1. The molecule has 8 heteroatoms. The largest absolute Gasteiger partial charge is 0.466 e. The molecule has 2 aromatic carbocycles. The molecule has 0 saturated heterocycles. The number of thiazole rings is 1. The van der Waals surface area contributed by atoms with Gasteiger partial charge in [0.15, 0.2) is 5.13 Å². The van der Waals surface area contributed by atoms with E-state index in [9.17, 15) is 9.59 Å². The maximum atomic E-state index is 13.6. The normalized spacial score (nSPS) is 21.2. The molecule has 1 aliphatic rings. The number of rotatable bonds is 9. The van der Waals surface area contributed by atoms with Crippen LogP contribution in [-0.2, 0) is 31.0 Å². The van der Waals surface area contributed by atoms with Crippen LogP contribution in [0.1, 0.15) is 44.5 Å². The molecule has 37 heavy (non-hydrogen) atoms. The van der Waals surface area contributed by atoms with Crippen molar-refractivity contribution in [1.29, 1.82) is 0 Å². The average Bonchev–Trinajstić information content (AvgIpc) is 3.32. The molecule has 1 aromatic heterocycles. The predicted molar refractivity (Wildman–Crippen MR) is 145 cm³/mol. The SMILES string of the molecule is CCOC(=O)C1=C(C)NC(C)(c2ccccc2)C(C(=O)OCC)C1Nc1nc(Cc2ccccc2)cs1. The number of hydrogen-bond donors (Lipinski definition) is 2. The molecule has 0 bridgehead atoms. The fourth-order valence-corrected chi connectivity index (χ4v) is 5.69. The zero-order valence-electron chi connectivity index (χ0n) is 21.6. The molecular formula is C29H33N3O4S. The molecule has 1 aliphatic heterocycles. The van der Waals surface area contributed by atoms with Gasteiger partial charge in [0.05, 0.1) is 36.1 Å². The summed E-state index contributed by atoms with van der Waals surface area (Å²) in [6, 6.07) is 19.1. The standard InChI is InChI=1S/C29H33N3O4S/c1-5-35-26(33)23-19(3)32-29(4,21-15-11-8-12-16-21)24(27(34)36-6-2)25(23)31-28-30-22(18-37-28)17-20-13-9-7-10-14-20/h7-16,18,24-25,32H,5-6,17H2,1-4H3,(H,30,31). The van der Waals surface area contributed by atoms with E-state index in [1.165, 1.54) is 11.3 Å². The Morgan fingerprint density at radius 3 is 2.32 bits per heavy atom. The lowest BCUT2D eigenvalue weighted by molar-refractivity contribution is -0.152. The van der Waals surface area contributed by atoms with Crippen molar-refractivity contribution in [1.82, 2.24) is 10.3 Å². The Bertz CT molecular complexity index is 1260. The molecule has 0 saturated carbocycles. The van der Waals surface area contributed by atoms with Crippen LogP contribution in [0, 0.1) is 5.92 Å². The number of nitrogens with one attached hydrogen (secondary N) is 2. The fourth-order valence-electron chi connectivity index (χ4n) is 4.94. The first-order valence-corrected chi connectivity index (χ1v) is 13.4. The second-order valence-corrected chi connectivity index (χ2v) is 9.97. The summed E-state index contributed by atoms with van der Waals surface area (Å²) in [4.78, 5) is 31.6. The molecule has 0 fully saturated rings. The van der Waals surface area contributed by atoms with Crippen LogP contribution in [0.5, 0.6) is 0 Å². The highest BCUT2D eigenvalue weighted by Gasteiger charge is 2.53. The third-order valence-corrected chi connectivity index (χ3v) is 7.41. The number of anilines is 1. The number of esters is 2. The zero-order chi connectivity index (χ0) is 26.4. The van der Waals surface area contributed by atoms with Gasteiger partial charge in [0.2, 0.25) is 0 Å². The first-order valence-electron chi connectivity index (χ1n) is 12.5. The van der Waals surface area contributed by atoms with Crippen molar-refractivity contribution in [3.63, 3.8) is 0 Å². The summed E-state index contributed by atoms with van der Waals surface area (Å²) in [7, 11) is 0. The molecule has 0 spiro atoms. The first kappa shape index (κ1) is 26.4. The summed E-state index contributed by atoms with van der Waals surface area (Å²) in [6.07, 6.45) is 0.688. The minimum atomic E-state index is -0.852. The molecule has 0 amide bonds. The highest BCUT2D eigenvalue weighted by Crippen LogP contribution is 2.42. The summed E-state index contributed by atoms with van der Waals surface area (Å²) < 4.78 is 11.0. The molecule has 2 N–H and O–H groups in total. The second-order valence-electron chi connectivity index (χ2n) is 9.11. The van der Waals surface area contributed by atoms with Crippen LogP contribution in [0.2, 0.25) is 0 Å². The van der Waals surface area contributed by atoms with Crippen LogP contribution < -0.4 is 10.6 Å². The van der Waals surface area contributed by atoms with Gasteiger partial charge in [-0.05, 0) is 38.8 Å². The van der Waals surface area contributed by atoms with Gasteiger partial charge >= 0.3 is 11.9 Å². The summed E-state index contributed by atoms with van der Waals surface area (Å²) in [5.74, 6) is -1.66. The van der Waals surface area contributed by atoms with Crippen molar-refractivity contribution in [2.75, 3.05) is 18.5 Å². The number of nitrogens with zero attached hydrogens (tertiary/aromatic N) is 1. The second kappa shape index (κ2) is 11.6. The van der Waals surface area contributed by atoms with Crippen molar-refractivity contribution >= 4 is 28.4 Å². The van der Waals surface area contributed by atoms with E-state index in [-0.39, 0.29) is 13.2 Å². The molecule has 194 valence electrons. The molecule has 7 nitrogen and oxygen atoms in total. The minimum absolute atomic E-state index is 0.223. The number of benzene rings is 2. The Morgan fingerprint density at radius 1 is 1.03 bits per heavy atom. The Balaban J connectivity index is 1.77. The van der Waals surface area contributed by atoms with Crippen LogP contribution in [-0.4, -0.2) is 36.2 Å². The topological polar surface area (TPSA) is 89.5 Å². The van der Waals surface area contributed by atoms with Gasteiger partial charge in [-0.1, -0.05) is 60.7 Å². The molecule has 4 rings (SSSR count). The van der Waals surface area contributed by atoms with Crippen LogP contribution in [0.4, 0.5) is 5.13 Å². The van der Waals surface area contributed by atoms with E-state index in [0.717, 1.165) is 16.8 Å². The zero-order valence-corrected chi connectivity index (χ0v) is 22.4. The average molecular weight is 520 g/mol. The maximum absolute atomic E-state index is 13.6. The van der Waals surface area contributed by atoms with Gasteiger partial charge < -0.3 is 20.1 Å². The quantitative estimate of drug-likeness (QED) is 0.383. The van der Waals surface area contributed by atoms with Gasteiger partial charge in [-0.3, -0.25) is 4.79 Å². The first-order chi connectivity index (χ1) is 17.9. The Kier molecular flexibility index (Phi) is 8.28. The van der Waals surface area contributed by atoms with Crippen molar-refractivity contribution in [2.45, 2.75) is 45.7 Å². The van der Waals surface area contributed by atoms with Gasteiger partial charge in [0, 0.05) is 17.5 Å². The lowest BCUT2D eigenvalue weighted by Gasteiger charge is -2.47. The van der Waals surface area contributed by atoms with Gasteiger partial charge in [0.1, 0.15) is 5.92 Å². The third kappa shape index (κ3) is 5.69. The van der Waals surface area contributed by atoms with E-state index in [4.69, 9.17) is 14.5 Å². The number of allylic oxidation sites excluding steroid dienone is 1. The van der Waals surface area contributed by atoms with E-state index in [0.29, 0.717) is 22.8 Å². The van der Waals surface area contributed by atoms with E-state index in [1.54, 1.807) is 13.8 Å². The van der Waals surface area contributed by atoms with E-state index in [2.05, 4.69) is 22.8 Å². The molecular weight excluding hydrogens is 486 g/mol. The van der Waals surface area contributed by atoms with Crippen LogP contribution in [0.3, 0.4) is 0 Å². The van der Waals surface area contributed by atoms with Crippen molar-refractivity contribution in [3.8, 4) is 0 Å². The van der Waals surface area contributed by atoms with Gasteiger partial charge in [0.25, 0.3) is 0 Å². The van der Waals surface area contributed by atoms with E-state index in [1.807, 2.05) is 67.8 Å². The van der Waals surface area contributed by atoms with Crippen molar-refractivity contribution in [2.24, 2.45) is 5.92 Å². The van der Waals surface area contributed by atoms with Crippen LogP contribution in [0.25, 0.3) is 0 Å². The fraction of sp³-hybridized carbons (Fsp3) is 0.345. The summed E-state index contributed by atoms with van der Waals surface area (Å²) in [5.41, 5.74) is 3.13. The lowest BCUT2D eigenvalue weighted by Crippen LogP contribution is -2.60. The molecule has 3 atom stereocenters. The molecule has 3 aromatic rings. The Hall–Kier alpha value is -3.65. The van der Waals surface area contributed by atoms with Gasteiger partial charge in [-0.2, -0.15) is 0 Å². The van der Waals surface area contributed by atoms with E-state index < -0.39 is 29.4 Å². The van der Waals surface area contributed by atoms with Crippen LogP contribution >= 0.6 is 11.3 Å².